The van der Waals surface area contributed by atoms with E-state index in [1.54, 1.807) is 12.1 Å². The zero-order chi connectivity index (χ0) is 15.0. The number of aromatic hydroxyl groups is 2. The molecule has 0 bridgehead atoms. The van der Waals surface area contributed by atoms with Gasteiger partial charge >= 0.3 is 0 Å². The lowest BCUT2D eigenvalue weighted by Gasteiger charge is -2.04. The number of hydrogen-bond donors (Lipinski definition) is 2. The maximum absolute atomic E-state index is 10.0. The Balaban J connectivity index is 1.96. The Bertz CT molecular complexity index is 776. The van der Waals surface area contributed by atoms with Gasteiger partial charge in [-0.1, -0.05) is 12.1 Å². The van der Waals surface area contributed by atoms with Crippen LogP contribution in [0.5, 0.6) is 11.5 Å². The second-order valence-corrected chi connectivity index (χ2v) is 5.24. The number of phenolic OH excluding ortho intramolecular Hbond substituents is 2. The third-order valence-corrected chi connectivity index (χ3v) is 3.48. The number of nitrogens with zero attached hydrogens (tertiary/aromatic N) is 2. The molecular formula is C17H16N2O2. The summed E-state index contributed by atoms with van der Waals surface area (Å²) in [5.41, 5.74) is 3.98. The van der Waals surface area contributed by atoms with Crippen molar-refractivity contribution in [3.05, 3.63) is 58.7 Å². The summed E-state index contributed by atoms with van der Waals surface area (Å²) in [4.78, 5) is 8.82. The second-order valence-electron chi connectivity index (χ2n) is 5.24. The molecular weight excluding hydrogens is 264 g/mol. The van der Waals surface area contributed by atoms with E-state index in [2.05, 4.69) is 9.98 Å². The van der Waals surface area contributed by atoms with Crippen molar-refractivity contribution in [2.45, 2.75) is 13.8 Å². The van der Waals surface area contributed by atoms with Crippen LogP contribution in [0.15, 0.2) is 46.4 Å². The highest BCUT2D eigenvalue weighted by molar-refractivity contribution is 6.18. The zero-order valence-corrected chi connectivity index (χ0v) is 12.0. The third-order valence-electron chi connectivity index (χ3n) is 3.48. The maximum atomic E-state index is 10.0. The average Bonchev–Trinajstić information content (AvgIpc) is 2.87. The van der Waals surface area contributed by atoms with Crippen molar-refractivity contribution in [1.82, 2.24) is 0 Å². The highest BCUT2D eigenvalue weighted by atomic mass is 16.3. The molecule has 2 N–H and O–H groups in total. The lowest BCUT2D eigenvalue weighted by Crippen LogP contribution is -2.02. The van der Waals surface area contributed by atoms with Gasteiger partial charge in [0.25, 0.3) is 0 Å². The zero-order valence-electron chi connectivity index (χ0n) is 12.0. The number of amidine groups is 1. The normalized spacial score (nSPS) is 14.0. The second kappa shape index (κ2) is 5.05. The maximum Gasteiger partial charge on any atom is 0.159 e. The van der Waals surface area contributed by atoms with Gasteiger partial charge in [-0.05, 0) is 49.2 Å². The van der Waals surface area contributed by atoms with E-state index < -0.39 is 0 Å². The number of aliphatic imine (C=N–C) groups is 2. The highest BCUT2D eigenvalue weighted by Gasteiger charge is 2.18. The van der Waals surface area contributed by atoms with E-state index >= 15 is 0 Å². The minimum Gasteiger partial charge on any atom is -0.507 e. The first-order valence-corrected chi connectivity index (χ1v) is 6.76. The minimum absolute atomic E-state index is 0.173. The molecule has 0 radical (unpaired) electrons. The van der Waals surface area contributed by atoms with Crippen molar-refractivity contribution in [3.8, 4) is 11.5 Å². The number of aryl methyl sites for hydroxylation is 2. The molecule has 1 aliphatic rings. The van der Waals surface area contributed by atoms with Gasteiger partial charge < -0.3 is 10.2 Å². The van der Waals surface area contributed by atoms with Gasteiger partial charge in [0.1, 0.15) is 11.5 Å². The lowest BCUT2D eigenvalue weighted by molar-refractivity contribution is 0.473. The number of phenols is 2. The van der Waals surface area contributed by atoms with Gasteiger partial charge in [-0.3, -0.25) is 4.99 Å². The lowest BCUT2D eigenvalue weighted by atomic mass is 10.1. The summed E-state index contributed by atoms with van der Waals surface area (Å²) in [7, 11) is 0. The summed E-state index contributed by atoms with van der Waals surface area (Å²) in [6.45, 7) is 4.24. The Kier molecular flexibility index (Phi) is 3.22. The molecule has 0 aromatic heterocycles. The van der Waals surface area contributed by atoms with Crippen LogP contribution in [0.3, 0.4) is 0 Å². The van der Waals surface area contributed by atoms with Crippen LogP contribution in [-0.4, -0.2) is 28.3 Å². The molecule has 1 heterocycles. The van der Waals surface area contributed by atoms with E-state index in [0.717, 1.165) is 11.1 Å². The van der Waals surface area contributed by atoms with Crippen molar-refractivity contribution in [2.24, 2.45) is 9.98 Å². The fraction of sp³-hybridized carbons (Fsp3) is 0.176. The molecule has 2 aromatic rings. The van der Waals surface area contributed by atoms with Gasteiger partial charge in [-0.15, -0.1) is 0 Å². The molecule has 0 saturated heterocycles. The minimum atomic E-state index is 0.173. The molecule has 106 valence electrons. The van der Waals surface area contributed by atoms with E-state index in [9.17, 15) is 10.2 Å². The number of benzene rings is 2. The van der Waals surface area contributed by atoms with Gasteiger partial charge in [0.15, 0.2) is 5.84 Å². The summed E-state index contributed by atoms with van der Waals surface area (Å²) in [5, 5.41) is 20.0. The van der Waals surface area contributed by atoms with Crippen molar-refractivity contribution in [3.63, 3.8) is 0 Å². The van der Waals surface area contributed by atoms with Crippen LogP contribution in [0, 0.1) is 13.8 Å². The monoisotopic (exact) mass is 280 g/mol. The molecule has 21 heavy (non-hydrogen) atoms. The largest absolute Gasteiger partial charge is 0.507 e. The first kappa shape index (κ1) is 13.4. The van der Waals surface area contributed by atoms with Gasteiger partial charge in [0.2, 0.25) is 0 Å². The fourth-order valence-electron chi connectivity index (χ4n) is 2.36. The summed E-state index contributed by atoms with van der Waals surface area (Å²) < 4.78 is 0. The van der Waals surface area contributed by atoms with E-state index in [1.165, 1.54) is 0 Å². The van der Waals surface area contributed by atoms with Crippen LogP contribution < -0.4 is 0 Å². The molecule has 3 rings (SSSR count). The third kappa shape index (κ3) is 2.52. The summed E-state index contributed by atoms with van der Waals surface area (Å²) in [6.07, 6.45) is 0. The topological polar surface area (TPSA) is 65.2 Å². The molecule has 4 heteroatoms. The highest BCUT2D eigenvalue weighted by Crippen LogP contribution is 2.25. The fourth-order valence-corrected chi connectivity index (χ4v) is 2.36. The number of hydrogen-bond acceptors (Lipinski definition) is 4. The molecule has 0 atom stereocenters. The van der Waals surface area contributed by atoms with Crippen LogP contribution in [0.25, 0.3) is 0 Å². The molecule has 4 nitrogen and oxygen atoms in total. The number of rotatable bonds is 2. The van der Waals surface area contributed by atoms with Crippen molar-refractivity contribution < 1.29 is 10.2 Å². The quantitative estimate of drug-likeness (QED) is 0.888. The van der Waals surface area contributed by atoms with Crippen molar-refractivity contribution in [2.75, 3.05) is 6.54 Å². The van der Waals surface area contributed by atoms with Crippen LogP contribution in [0.2, 0.25) is 0 Å². The smallest absolute Gasteiger partial charge is 0.159 e. The van der Waals surface area contributed by atoms with Gasteiger partial charge in [-0.25, -0.2) is 4.99 Å². The Morgan fingerprint density at radius 2 is 1.43 bits per heavy atom. The summed E-state index contributed by atoms with van der Waals surface area (Å²) >= 11 is 0. The van der Waals surface area contributed by atoms with E-state index in [-0.39, 0.29) is 11.5 Å². The molecule has 0 spiro atoms. The van der Waals surface area contributed by atoms with Gasteiger partial charge in [-0.2, -0.15) is 0 Å². The predicted octanol–water partition coefficient (Wildman–Crippen LogP) is 2.96. The molecule has 2 aromatic carbocycles. The summed E-state index contributed by atoms with van der Waals surface area (Å²) in [5.74, 6) is 0.882. The Morgan fingerprint density at radius 1 is 0.857 bits per heavy atom. The Hall–Kier alpha value is -2.62. The average molecular weight is 280 g/mol. The molecule has 0 amide bonds. The van der Waals surface area contributed by atoms with Crippen molar-refractivity contribution in [1.29, 1.82) is 0 Å². The Labute approximate surface area is 123 Å². The molecule has 0 aliphatic carbocycles. The standard InChI is InChI=1S/C17H16N2O2/c1-10-3-5-12(15(20)7-10)14-9-18-17(19-14)13-6-4-11(2)8-16(13)21/h3-8,20-21H,9H2,1-2H3. The van der Waals surface area contributed by atoms with E-state index in [1.807, 2.05) is 38.1 Å². The first-order valence-electron chi connectivity index (χ1n) is 6.76. The summed E-state index contributed by atoms with van der Waals surface area (Å²) in [6, 6.07) is 10.9. The molecule has 0 unspecified atom stereocenters. The van der Waals surface area contributed by atoms with Crippen LogP contribution in [-0.2, 0) is 0 Å². The van der Waals surface area contributed by atoms with Gasteiger partial charge in [0.05, 0.1) is 17.8 Å². The van der Waals surface area contributed by atoms with E-state index in [4.69, 9.17) is 0 Å². The SMILES string of the molecule is Cc1ccc(C2=NC(c3ccc(C)cc3O)=NC2)c(O)c1. The first-order chi connectivity index (χ1) is 10.0. The van der Waals surface area contributed by atoms with Crippen molar-refractivity contribution >= 4 is 11.5 Å². The molecule has 0 fully saturated rings. The van der Waals surface area contributed by atoms with Crippen LogP contribution >= 0.6 is 0 Å². The van der Waals surface area contributed by atoms with Crippen LogP contribution in [0.4, 0.5) is 0 Å². The van der Waals surface area contributed by atoms with Crippen LogP contribution in [0.1, 0.15) is 22.3 Å². The molecule has 1 aliphatic heterocycles. The van der Waals surface area contributed by atoms with Gasteiger partial charge in [0, 0.05) is 5.56 Å². The van der Waals surface area contributed by atoms with E-state index in [0.29, 0.717) is 29.2 Å². The predicted molar refractivity (Wildman–Crippen MR) is 83.6 cm³/mol. The Morgan fingerprint density at radius 3 is 2.00 bits per heavy atom. The molecule has 0 saturated carbocycles.